The molecule has 0 unspecified atom stereocenters. The van der Waals surface area contributed by atoms with Crippen LogP contribution in [0.5, 0.6) is 0 Å². The van der Waals surface area contributed by atoms with E-state index in [1.807, 2.05) is 25.1 Å². The highest BCUT2D eigenvalue weighted by Gasteiger charge is 2.60. The number of fused-ring (bicyclic) bond motifs is 1. The molecule has 22 aliphatic rings. The fraction of sp³-hybridized carbons (Fsp3) is 0.820. The second-order valence-electron chi connectivity index (χ2n) is 26.8. The van der Waals surface area contributed by atoms with Gasteiger partial charge in [0.2, 0.25) is 15.9 Å². The van der Waals surface area contributed by atoms with Crippen LogP contribution in [-0.4, -0.2) is 422 Å². The van der Waals surface area contributed by atoms with Crippen LogP contribution in [0.1, 0.15) is 12.8 Å². The van der Waals surface area contributed by atoms with Gasteiger partial charge in [0.15, 0.2) is 44.0 Å². The van der Waals surface area contributed by atoms with E-state index in [2.05, 4.69) is 10.0 Å². The van der Waals surface area contributed by atoms with Gasteiger partial charge in [0.05, 0.1) is 50.6 Å². The second kappa shape index (κ2) is 34.2. The van der Waals surface area contributed by atoms with E-state index in [0.717, 1.165) is 5.69 Å². The summed E-state index contributed by atoms with van der Waals surface area (Å²) in [7, 11) is -0.479. The number of nitrogens with zero attached hydrogens (tertiary/aromatic N) is 2. The summed E-state index contributed by atoms with van der Waals surface area (Å²) in [6, 6.07) is 9.23. The molecule has 2 aromatic carbocycles. The Labute approximate surface area is 587 Å². The maximum absolute atomic E-state index is 14.4. The van der Waals surface area contributed by atoms with Crippen LogP contribution in [-0.2, 0) is 81.1 Å². The van der Waals surface area contributed by atoms with E-state index in [0.29, 0.717) is 23.7 Å². The summed E-state index contributed by atoms with van der Waals surface area (Å²) < 4.78 is 112. The number of carbonyl (C=O) groups excluding carboxylic acids is 1. The SMILES string of the molecule is CN(C)c1cccc2c(S(=O)(=O)NCCN3CCC[C@H]3C(=O)NC[C@H]3O[C@@H]4O[C@H]5[C@H](O)[C@@H](O)[C@@H](O[C@H]6[C@H](O)[C@@H](O)[C@@H](O[C@H]7[C@H](O)[C@@H](O)[C@@H](O[C@H]8[C@H](O)[C@@H](O)[C@@H](O[C@H]9[C@H](O)[C@@H](O)[C@@H](O[C@H]%10[C@H](O)[C@@H](O)[C@@H](O[C@H]3[C@H](O)[C@H]4O)O[C@@H]%10CO)O[C@@H]9CO)O[C@@H]8CO)O[C@@H]7CO)O[C@@H]6CO)O[C@@H]5CO)cccc12. The standard InChI is InChI=1S/C61H94N4O37S/c1-64(2)23-8-3-7-22-21(23)6-4-10-32(22)103(87,88)63-11-13-65-12-5-9-24(65)54(86)62-14-25-47-33(72)40(79)55(89-25)97-48-26(15-66)91-57(42(81)35(48)74)99-50-28(17-68)93-59(44(83)37(50)76)101-52-30(19-70)95-61(46(85)39(52)78)102-53-31(20-71)94-60(45(84)38(53)77)100-51-29(18-69)92-58(43(82)36(51)75)98-49-27(16-67)90-56(96-47)41(80)34(49)73/h3-4,6-8,10,24-31,33-53,55-61,63,66-85H,5,9,11-20H2,1-2H3,(H,62,86)/t24-,25+,26+,27+,28+,29+,30+,31+,33+,34+,35+,36+,37+,38+,39+,40+,41+,42+,43+,44+,45+,46+,47+,48+,49+,50+,51+,52+,53+,55+,56+,57+,58+,59+,60+,61+/m0/s1. The van der Waals surface area contributed by atoms with Gasteiger partial charge in [-0.3, -0.25) is 9.69 Å². The third-order valence-corrected chi connectivity index (χ3v) is 21.6. The summed E-state index contributed by atoms with van der Waals surface area (Å²) in [5.41, 5.74) is 0.785. The number of likely N-dealkylation sites (tertiary alicyclic amines) is 1. The van der Waals surface area contributed by atoms with Crippen molar-refractivity contribution in [2.24, 2.45) is 0 Å². The van der Waals surface area contributed by atoms with Crippen LogP contribution in [0, 0.1) is 0 Å². The number of amides is 1. The highest BCUT2D eigenvalue weighted by molar-refractivity contribution is 7.89. The molecular formula is C61H94N4O37S. The third-order valence-electron chi connectivity index (χ3n) is 20.1. The van der Waals surface area contributed by atoms with Gasteiger partial charge in [-0.25, -0.2) is 13.1 Å². The zero-order valence-corrected chi connectivity index (χ0v) is 56.2. The average molecular weight is 1510 g/mol. The molecule has 22 N–H and O–H groups in total. The highest BCUT2D eigenvalue weighted by Crippen LogP contribution is 2.40. The number of anilines is 1. The van der Waals surface area contributed by atoms with Gasteiger partial charge in [0.25, 0.3) is 0 Å². The van der Waals surface area contributed by atoms with Gasteiger partial charge in [-0.05, 0) is 31.5 Å². The van der Waals surface area contributed by atoms with Crippen LogP contribution in [0.15, 0.2) is 41.3 Å². The van der Waals surface area contributed by atoms with Crippen molar-refractivity contribution < 1.29 is 182 Å². The minimum atomic E-state index is -4.13. The van der Waals surface area contributed by atoms with Crippen LogP contribution < -0.4 is 14.9 Å². The Morgan fingerprint density at radius 3 is 1.02 bits per heavy atom. The fourth-order valence-corrected chi connectivity index (χ4v) is 15.7. The van der Waals surface area contributed by atoms with E-state index in [1.165, 1.54) is 6.07 Å². The van der Waals surface area contributed by atoms with Gasteiger partial charge in [-0.2, -0.15) is 0 Å². The normalized spacial score (nSPS) is 46.2. The molecule has 24 rings (SSSR count). The van der Waals surface area contributed by atoms with Crippen molar-refractivity contribution in [2.75, 3.05) is 84.8 Å². The number of benzene rings is 2. The first-order chi connectivity index (χ1) is 49.1. The molecule has 42 heteroatoms. The lowest BCUT2D eigenvalue weighted by molar-refractivity contribution is -0.396. The van der Waals surface area contributed by atoms with E-state index in [-0.39, 0.29) is 24.4 Å². The van der Waals surface area contributed by atoms with Gasteiger partial charge in [-0.15, -0.1) is 0 Å². The molecule has 36 atom stereocenters. The lowest BCUT2D eigenvalue weighted by Gasteiger charge is -2.50. The maximum Gasteiger partial charge on any atom is 0.241 e. The number of carbonyl (C=O) groups is 1. The zero-order valence-electron chi connectivity index (χ0n) is 55.4. The van der Waals surface area contributed by atoms with Crippen molar-refractivity contribution in [3.63, 3.8) is 0 Å². The molecular weight excluding hydrogens is 1410 g/mol. The van der Waals surface area contributed by atoms with E-state index < -0.39 is 283 Å². The fourth-order valence-electron chi connectivity index (χ4n) is 14.4. The Hall–Kier alpha value is -3.52. The lowest BCUT2D eigenvalue weighted by atomic mass is 9.95. The Bertz CT molecular complexity index is 3180. The summed E-state index contributed by atoms with van der Waals surface area (Å²) in [6.07, 6.45) is -71.7. The second-order valence-corrected chi connectivity index (χ2v) is 28.6. The summed E-state index contributed by atoms with van der Waals surface area (Å²) >= 11 is 0. The predicted molar refractivity (Wildman–Crippen MR) is 332 cm³/mol. The number of rotatable bonds is 15. The molecule has 1 amide bonds. The van der Waals surface area contributed by atoms with E-state index in [4.69, 9.17) is 66.3 Å². The Morgan fingerprint density at radius 2 is 0.709 bits per heavy atom. The molecule has 22 aliphatic heterocycles. The Morgan fingerprint density at radius 1 is 0.417 bits per heavy atom. The van der Waals surface area contributed by atoms with Crippen LogP contribution >= 0.6 is 0 Å². The molecule has 22 fully saturated rings. The molecule has 14 bridgehead atoms. The quantitative estimate of drug-likeness (QED) is 0.0787. The molecule has 0 radical (unpaired) electrons. The summed E-state index contributed by atoms with van der Waals surface area (Å²) in [5.74, 6) is -0.680. The molecule has 0 aromatic heterocycles. The average Bonchev–Trinajstić information content (AvgIpc) is 0.845. The van der Waals surface area contributed by atoms with Gasteiger partial charge >= 0.3 is 0 Å². The molecule has 41 nitrogen and oxygen atoms in total. The van der Waals surface area contributed by atoms with Gasteiger partial charge in [-0.1, -0.05) is 24.3 Å². The summed E-state index contributed by atoms with van der Waals surface area (Å²) in [6.45, 7) is -7.02. The highest BCUT2D eigenvalue weighted by atomic mass is 32.2. The van der Waals surface area contributed by atoms with Crippen LogP contribution in [0.25, 0.3) is 10.8 Å². The van der Waals surface area contributed by atoms with Crippen LogP contribution in [0.2, 0.25) is 0 Å². The van der Waals surface area contributed by atoms with Crippen molar-refractivity contribution >= 4 is 32.4 Å². The Kier molecular flexibility index (Phi) is 26.7. The number of aliphatic hydroxyl groups is 20. The van der Waals surface area contributed by atoms with Crippen LogP contribution in [0.3, 0.4) is 0 Å². The van der Waals surface area contributed by atoms with E-state index in [1.54, 1.807) is 29.2 Å². The topological polar surface area (TPSA) is 616 Å². The van der Waals surface area contributed by atoms with Crippen molar-refractivity contribution in [3.8, 4) is 0 Å². The first-order valence-electron chi connectivity index (χ1n) is 33.6. The summed E-state index contributed by atoms with van der Waals surface area (Å²) in [4.78, 5) is 17.9. The van der Waals surface area contributed by atoms with E-state index >= 15 is 0 Å². The van der Waals surface area contributed by atoms with Crippen LogP contribution in [0.4, 0.5) is 5.69 Å². The number of sulfonamides is 1. The van der Waals surface area contributed by atoms with Crippen molar-refractivity contribution in [3.05, 3.63) is 36.4 Å². The largest absolute Gasteiger partial charge is 0.394 e. The van der Waals surface area contributed by atoms with Gasteiger partial charge < -0.3 is 179 Å². The van der Waals surface area contributed by atoms with Gasteiger partial charge in [0.1, 0.15) is 171 Å². The predicted octanol–water partition coefficient (Wildman–Crippen LogP) is -13.4. The first-order valence-corrected chi connectivity index (χ1v) is 35.1. The maximum atomic E-state index is 14.4. The van der Waals surface area contributed by atoms with Crippen molar-refractivity contribution in [1.82, 2.24) is 14.9 Å². The number of hydrogen-bond donors (Lipinski definition) is 22. The van der Waals surface area contributed by atoms with Crippen molar-refractivity contribution in [2.45, 2.75) is 239 Å². The molecule has 0 spiro atoms. The number of hydrogen-bond acceptors (Lipinski definition) is 39. The minimum Gasteiger partial charge on any atom is -0.394 e. The Balaban J connectivity index is 0.855. The first kappa shape index (κ1) is 80.5. The molecule has 586 valence electrons. The zero-order chi connectivity index (χ0) is 74.4. The molecule has 22 saturated heterocycles. The minimum absolute atomic E-state index is 0.0231. The summed E-state index contributed by atoms with van der Waals surface area (Å²) in [5, 5.41) is 230. The monoisotopic (exact) mass is 1510 g/mol. The number of ether oxygens (including phenoxy) is 14. The van der Waals surface area contributed by atoms with Gasteiger partial charge in [0, 0.05) is 50.2 Å². The smallest absolute Gasteiger partial charge is 0.241 e. The molecule has 0 saturated carbocycles. The lowest BCUT2D eigenvalue weighted by Crippen LogP contribution is -2.68. The molecule has 22 heterocycles. The number of nitrogens with one attached hydrogen (secondary N) is 2. The molecule has 0 aliphatic carbocycles. The van der Waals surface area contributed by atoms with E-state index in [9.17, 15) is 115 Å². The van der Waals surface area contributed by atoms with Crippen molar-refractivity contribution in [1.29, 1.82) is 0 Å². The molecule has 103 heavy (non-hydrogen) atoms. The third kappa shape index (κ3) is 16.4. The molecule has 2 aromatic rings. The number of aliphatic hydroxyl groups excluding tert-OH is 20.